The minimum Gasteiger partial charge on any atom is -0.465 e. The number of benzene rings is 2. The van der Waals surface area contributed by atoms with Crippen molar-refractivity contribution in [2.45, 2.75) is 13.8 Å². The van der Waals surface area contributed by atoms with Gasteiger partial charge in [-0.05, 0) is 49.2 Å². The predicted octanol–water partition coefficient (Wildman–Crippen LogP) is 4.12. The zero-order valence-electron chi connectivity index (χ0n) is 12.1. The van der Waals surface area contributed by atoms with E-state index in [0.29, 0.717) is 16.5 Å². The number of anilines is 1. The molecule has 0 aliphatic heterocycles. The predicted molar refractivity (Wildman–Crippen MR) is 83.2 cm³/mol. The van der Waals surface area contributed by atoms with Gasteiger partial charge in [-0.1, -0.05) is 17.7 Å². The molecule has 0 aliphatic carbocycles. The zero-order valence-corrected chi connectivity index (χ0v) is 12.8. The summed E-state index contributed by atoms with van der Waals surface area (Å²) in [4.78, 5) is 11.8. The number of para-hydroxylation sites is 1. The number of nitrogen functional groups attached to an aromatic ring is 1. The molecule has 110 valence electrons. The summed E-state index contributed by atoms with van der Waals surface area (Å²) in [6.45, 7) is 3.77. The van der Waals surface area contributed by atoms with E-state index < -0.39 is 5.97 Å². The van der Waals surface area contributed by atoms with Gasteiger partial charge in [0.2, 0.25) is 0 Å². The molecule has 21 heavy (non-hydrogen) atoms. The van der Waals surface area contributed by atoms with Crippen molar-refractivity contribution in [3.8, 4) is 11.5 Å². The summed E-state index contributed by atoms with van der Waals surface area (Å²) in [5.74, 6) is 0.350. The Labute approximate surface area is 128 Å². The topological polar surface area (TPSA) is 61.5 Å². The summed E-state index contributed by atoms with van der Waals surface area (Å²) in [6, 6.07) is 8.53. The molecule has 0 unspecified atom stereocenters. The van der Waals surface area contributed by atoms with Gasteiger partial charge in [0.25, 0.3) is 0 Å². The maximum atomic E-state index is 11.8. The van der Waals surface area contributed by atoms with E-state index >= 15 is 0 Å². The number of aryl methyl sites for hydroxylation is 2. The van der Waals surface area contributed by atoms with Crippen molar-refractivity contribution in [2.75, 3.05) is 12.8 Å². The molecule has 0 heterocycles. The molecule has 0 amide bonds. The summed E-state index contributed by atoms with van der Waals surface area (Å²) in [5, 5.41) is 0.691. The van der Waals surface area contributed by atoms with Crippen LogP contribution in [0.1, 0.15) is 21.5 Å². The highest BCUT2D eigenvalue weighted by atomic mass is 35.5. The average Bonchev–Trinajstić information content (AvgIpc) is 2.46. The van der Waals surface area contributed by atoms with E-state index in [4.69, 9.17) is 26.8 Å². The first kappa shape index (κ1) is 15.2. The van der Waals surface area contributed by atoms with E-state index in [1.54, 1.807) is 30.3 Å². The molecular formula is C16H16ClNO3. The highest BCUT2D eigenvalue weighted by Gasteiger charge is 2.17. The van der Waals surface area contributed by atoms with Crippen LogP contribution in [-0.2, 0) is 4.74 Å². The first-order valence-corrected chi connectivity index (χ1v) is 6.73. The second kappa shape index (κ2) is 6.06. The molecule has 2 rings (SSSR count). The fraction of sp³-hybridized carbons (Fsp3) is 0.188. The van der Waals surface area contributed by atoms with Gasteiger partial charge in [0, 0.05) is 5.02 Å². The molecule has 0 bridgehead atoms. The Balaban J connectivity index is 2.47. The van der Waals surface area contributed by atoms with E-state index in [1.807, 2.05) is 13.8 Å². The number of methoxy groups -OCH3 is 1. The lowest BCUT2D eigenvalue weighted by Gasteiger charge is -2.14. The van der Waals surface area contributed by atoms with Gasteiger partial charge in [0.15, 0.2) is 5.75 Å². The van der Waals surface area contributed by atoms with Crippen LogP contribution in [0.5, 0.6) is 11.5 Å². The van der Waals surface area contributed by atoms with Gasteiger partial charge in [0.05, 0.1) is 12.8 Å². The molecule has 2 aromatic carbocycles. The molecule has 0 aromatic heterocycles. The number of rotatable bonds is 3. The Bertz CT molecular complexity index is 675. The van der Waals surface area contributed by atoms with Crippen molar-refractivity contribution < 1.29 is 14.3 Å². The highest BCUT2D eigenvalue weighted by molar-refractivity contribution is 6.32. The van der Waals surface area contributed by atoms with E-state index in [2.05, 4.69) is 0 Å². The van der Waals surface area contributed by atoms with Crippen LogP contribution in [0.2, 0.25) is 5.02 Å². The van der Waals surface area contributed by atoms with E-state index in [0.717, 1.165) is 11.1 Å². The van der Waals surface area contributed by atoms with Crippen LogP contribution in [0.3, 0.4) is 0 Å². The monoisotopic (exact) mass is 305 g/mol. The van der Waals surface area contributed by atoms with Crippen molar-refractivity contribution in [1.29, 1.82) is 0 Å². The molecular weight excluding hydrogens is 290 g/mol. The number of carbonyl (C=O) groups is 1. The van der Waals surface area contributed by atoms with E-state index in [1.165, 1.54) is 7.11 Å². The number of hydrogen-bond acceptors (Lipinski definition) is 4. The summed E-state index contributed by atoms with van der Waals surface area (Å²) in [6.07, 6.45) is 0. The van der Waals surface area contributed by atoms with E-state index in [-0.39, 0.29) is 11.3 Å². The number of esters is 1. The van der Waals surface area contributed by atoms with Crippen LogP contribution in [0.4, 0.5) is 5.69 Å². The largest absolute Gasteiger partial charge is 0.465 e. The lowest BCUT2D eigenvalue weighted by molar-refractivity contribution is 0.0598. The molecule has 4 nitrogen and oxygen atoms in total. The van der Waals surface area contributed by atoms with Crippen LogP contribution < -0.4 is 10.5 Å². The van der Waals surface area contributed by atoms with Crippen molar-refractivity contribution in [1.82, 2.24) is 0 Å². The quantitative estimate of drug-likeness (QED) is 0.684. The van der Waals surface area contributed by atoms with Gasteiger partial charge in [-0.25, -0.2) is 4.79 Å². The first-order chi connectivity index (χ1) is 9.93. The van der Waals surface area contributed by atoms with Gasteiger partial charge < -0.3 is 15.2 Å². The Hall–Kier alpha value is -2.20. The molecule has 0 saturated heterocycles. The van der Waals surface area contributed by atoms with Crippen LogP contribution >= 0.6 is 11.6 Å². The number of nitrogens with two attached hydrogens (primary N) is 1. The molecule has 0 radical (unpaired) electrons. The Morgan fingerprint density at radius 3 is 2.38 bits per heavy atom. The highest BCUT2D eigenvalue weighted by Crippen LogP contribution is 2.34. The fourth-order valence-corrected chi connectivity index (χ4v) is 2.13. The molecule has 2 N–H and O–H groups in total. The maximum Gasteiger partial charge on any atom is 0.341 e. The normalized spacial score (nSPS) is 10.3. The molecule has 0 fully saturated rings. The minimum absolute atomic E-state index is 0.280. The van der Waals surface area contributed by atoms with Crippen LogP contribution in [-0.4, -0.2) is 13.1 Å². The second-order valence-corrected chi connectivity index (χ2v) is 5.07. The Morgan fingerprint density at radius 2 is 1.81 bits per heavy atom. The molecule has 0 aliphatic rings. The lowest BCUT2D eigenvalue weighted by atomic mass is 10.1. The summed E-state index contributed by atoms with van der Waals surface area (Å²) in [7, 11) is 1.31. The number of halogens is 1. The second-order valence-electron chi connectivity index (χ2n) is 4.69. The first-order valence-electron chi connectivity index (χ1n) is 6.35. The van der Waals surface area contributed by atoms with Gasteiger partial charge in [-0.2, -0.15) is 0 Å². The lowest BCUT2D eigenvalue weighted by Crippen LogP contribution is -2.05. The molecule has 2 aromatic rings. The summed E-state index contributed by atoms with van der Waals surface area (Å²) < 4.78 is 10.5. The molecule has 5 heteroatoms. The number of hydrogen-bond donors (Lipinski definition) is 1. The third kappa shape index (κ3) is 3.11. The van der Waals surface area contributed by atoms with Crippen molar-refractivity contribution in [3.05, 3.63) is 52.0 Å². The van der Waals surface area contributed by atoms with Crippen LogP contribution in [0.15, 0.2) is 30.3 Å². The van der Waals surface area contributed by atoms with Crippen molar-refractivity contribution in [3.63, 3.8) is 0 Å². The third-order valence-electron chi connectivity index (χ3n) is 3.08. The molecule has 0 spiro atoms. The van der Waals surface area contributed by atoms with Crippen molar-refractivity contribution >= 4 is 23.3 Å². The third-order valence-corrected chi connectivity index (χ3v) is 3.68. The minimum atomic E-state index is -0.500. The fourth-order valence-electron chi connectivity index (χ4n) is 2.02. The van der Waals surface area contributed by atoms with Crippen molar-refractivity contribution in [2.24, 2.45) is 0 Å². The number of ether oxygens (including phenoxy) is 2. The van der Waals surface area contributed by atoms with Gasteiger partial charge >= 0.3 is 5.97 Å². The number of carbonyl (C=O) groups excluding carboxylic acids is 1. The maximum absolute atomic E-state index is 11.8. The SMILES string of the molecule is COC(=O)c1cccc(N)c1Oc1cc(C)c(Cl)c(C)c1. The van der Waals surface area contributed by atoms with Gasteiger partial charge in [-0.3, -0.25) is 0 Å². The van der Waals surface area contributed by atoms with Crippen LogP contribution in [0, 0.1) is 13.8 Å². The van der Waals surface area contributed by atoms with Crippen LogP contribution in [0.25, 0.3) is 0 Å². The van der Waals surface area contributed by atoms with Gasteiger partial charge in [-0.15, -0.1) is 0 Å². The zero-order chi connectivity index (χ0) is 15.6. The standard InChI is InChI=1S/C16H16ClNO3/c1-9-7-11(8-10(2)14(9)17)21-15-12(16(19)20-3)5-4-6-13(15)18/h4-8H,18H2,1-3H3. The molecule has 0 atom stereocenters. The Kier molecular flexibility index (Phi) is 4.38. The van der Waals surface area contributed by atoms with Gasteiger partial charge in [0.1, 0.15) is 11.3 Å². The summed E-state index contributed by atoms with van der Waals surface area (Å²) >= 11 is 6.13. The smallest absolute Gasteiger partial charge is 0.341 e. The van der Waals surface area contributed by atoms with E-state index in [9.17, 15) is 4.79 Å². The Morgan fingerprint density at radius 1 is 1.19 bits per heavy atom. The molecule has 0 saturated carbocycles. The average molecular weight is 306 g/mol. The summed E-state index contributed by atoms with van der Waals surface area (Å²) in [5.41, 5.74) is 8.33.